The van der Waals surface area contributed by atoms with E-state index in [1.54, 1.807) is 6.92 Å². The van der Waals surface area contributed by atoms with E-state index in [1.807, 2.05) is 0 Å². The molecule has 0 amide bonds. The summed E-state index contributed by atoms with van der Waals surface area (Å²) in [7, 11) is -3.94. The minimum Gasteiger partial charge on any atom is -0.279 e. The van der Waals surface area contributed by atoms with Crippen LogP contribution in [0.5, 0.6) is 0 Å². The summed E-state index contributed by atoms with van der Waals surface area (Å²) >= 11 is 14.4. The van der Waals surface area contributed by atoms with E-state index in [0.717, 1.165) is 12.3 Å². The van der Waals surface area contributed by atoms with Crippen LogP contribution in [0.4, 0.5) is 10.1 Å². The first kappa shape index (κ1) is 16.5. The second-order valence-electron chi connectivity index (χ2n) is 4.13. The largest absolute Gasteiger partial charge is 0.279 e. The van der Waals surface area contributed by atoms with Crippen molar-refractivity contribution in [2.24, 2.45) is 0 Å². The Labute approximate surface area is 139 Å². The van der Waals surface area contributed by atoms with Crippen molar-refractivity contribution in [2.75, 3.05) is 4.72 Å². The van der Waals surface area contributed by atoms with Gasteiger partial charge in [0.05, 0.1) is 15.2 Å². The fourth-order valence-electron chi connectivity index (χ4n) is 1.51. The number of hydrogen-bond acceptors (Lipinski definition) is 3. The highest BCUT2D eigenvalue weighted by molar-refractivity contribution is 9.10. The first-order chi connectivity index (χ1) is 9.70. The van der Waals surface area contributed by atoms with Gasteiger partial charge in [0.1, 0.15) is 15.9 Å². The highest BCUT2D eigenvalue weighted by atomic mass is 79.9. The quantitative estimate of drug-likeness (QED) is 0.758. The van der Waals surface area contributed by atoms with Gasteiger partial charge in [-0.15, -0.1) is 0 Å². The maximum Gasteiger partial charge on any atom is 0.263 e. The highest BCUT2D eigenvalue weighted by Gasteiger charge is 2.18. The molecule has 1 aromatic heterocycles. The first-order valence-corrected chi connectivity index (χ1v) is 8.53. The average Bonchev–Trinajstić information content (AvgIpc) is 2.39. The summed E-state index contributed by atoms with van der Waals surface area (Å²) in [6, 6.07) is 3.73. The minimum atomic E-state index is -3.94. The van der Waals surface area contributed by atoms with Crippen LogP contribution >= 0.6 is 39.1 Å². The number of hydrogen-bond donors (Lipinski definition) is 1. The Balaban J connectivity index is 2.42. The Kier molecular flexibility index (Phi) is 4.77. The highest BCUT2D eigenvalue weighted by Crippen LogP contribution is 2.27. The molecule has 2 aromatic rings. The van der Waals surface area contributed by atoms with E-state index in [2.05, 4.69) is 25.6 Å². The van der Waals surface area contributed by atoms with Crippen LogP contribution in [-0.2, 0) is 10.0 Å². The first-order valence-electron chi connectivity index (χ1n) is 5.50. The molecule has 0 saturated heterocycles. The van der Waals surface area contributed by atoms with Gasteiger partial charge in [0, 0.05) is 6.20 Å². The molecule has 1 aromatic carbocycles. The Hall–Kier alpha value is -0.890. The second kappa shape index (κ2) is 6.08. The standard InChI is InChI=1S/C12H8BrCl2FN2O2S/c1-6-2-8(13)10(16)4-11(6)18-21(19,20)7-3-9(14)12(15)17-5-7/h2-5,18H,1H3. The molecule has 0 saturated carbocycles. The van der Waals surface area contributed by atoms with Gasteiger partial charge in [0.25, 0.3) is 10.0 Å². The van der Waals surface area contributed by atoms with Crippen molar-refractivity contribution in [3.63, 3.8) is 0 Å². The average molecular weight is 414 g/mol. The third-order valence-electron chi connectivity index (χ3n) is 2.59. The van der Waals surface area contributed by atoms with E-state index in [9.17, 15) is 12.8 Å². The number of sulfonamides is 1. The zero-order valence-corrected chi connectivity index (χ0v) is 14.4. The molecule has 1 heterocycles. The van der Waals surface area contributed by atoms with Gasteiger partial charge in [-0.2, -0.15) is 0 Å². The molecule has 0 aliphatic heterocycles. The van der Waals surface area contributed by atoms with Crippen LogP contribution in [0.15, 0.2) is 33.8 Å². The van der Waals surface area contributed by atoms with Gasteiger partial charge in [-0.05, 0) is 46.6 Å². The molecule has 0 aliphatic carbocycles. The fourth-order valence-corrected chi connectivity index (χ4v) is 3.39. The number of aryl methyl sites for hydroxylation is 1. The van der Waals surface area contributed by atoms with Gasteiger partial charge in [0.2, 0.25) is 0 Å². The summed E-state index contributed by atoms with van der Waals surface area (Å²) in [5.41, 5.74) is 0.682. The summed E-state index contributed by atoms with van der Waals surface area (Å²) in [4.78, 5) is 3.51. The minimum absolute atomic E-state index is 0.00137. The third kappa shape index (κ3) is 3.66. The molecule has 4 nitrogen and oxygen atoms in total. The van der Waals surface area contributed by atoms with Crippen molar-refractivity contribution in [1.82, 2.24) is 4.98 Å². The van der Waals surface area contributed by atoms with E-state index in [4.69, 9.17) is 23.2 Å². The van der Waals surface area contributed by atoms with Crippen molar-refractivity contribution in [2.45, 2.75) is 11.8 Å². The topological polar surface area (TPSA) is 59.1 Å². The van der Waals surface area contributed by atoms with Gasteiger partial charge >= 0.3 is 0 Å². The number of rotatable bonds is 3. The molecule has 9 heteroatoms. The molecule has 1 N–H and O–H groups in total. The van der Waals surface area contributed by atoms with Gasteiger partial charge in [-0.1, -0.05) is 23.2 Å². The SMILES string of the molecule is Cc1cc(Br)c(F)cc1NS(=O)(=O)c1cnc(Cl)c(Cl)c1. The van der Waals surface area contributed by atoms with Crippen LogP contribution in [0.2, 0.25) is 10.2 Å². The van der Waals surface area contributed by atoms with E-state index < -0.39 is 15.8 Å². The molecular formula is C12H8BrCl2FN2O2S. The number of aromatic nitrogens is 1. The molecule has 0 aliphatic rings. The van der Waals surface area contributed by atoms with Crippen LogP contribution in [0.1, 0.15) is 5.56 Å². The number of pyridine rings is 1. The van der Waals surface area contributed by atoms with Gasteiger partial charge in [-0.25, -0.2) is 17.8 Å². The molecule has 0 radical (unpaired) electrons. The summed E-state index contributed by atoms with van der Waals surface area (Å²) < 4.78 is 40.5. The Morgan fingerprint density at radius 3 is 2.57 bits per heavy atom. The third-order valence-corrected chi connectivity index (χ3v) is 5.22. The summed E-state index contributed by atoms with van der Waals surface area (Å²) in [5, 5.41) is 0.0136. The zero-order chi connectivity index (χ0) is 15.8. The molecule has 0 atom stereocenters. The Bertz CT molecular complexity index is 815. The van der Waals surface area contributed by atoms with Crippen molar-refractivity contribution in [1.29, 1.82) is 0 Å². The lowest BCUT2D eigenvalue weighted by atomic mass is 10.2. The molecule has 112 valence electrons. The lowest BCUT2D eigenvalue weighted by molar-refractivity contribution is 0.600. The number of nitrogens with one attached hydrogen (secondary N) is 1. The van der Waals surface area contributed by atoms with E-state index in [1.165, 1.54) is 12.1 Å². The molecule has 0 bridgehead atoms. The number of nitrogens with zero attached hydrogens (tertiary/aromatic N) is 1. The van der Waals surface area contributed by atoms with E-state index in [0.29, 0.717) is 5.56 Å². The summed E-state index contributed by atoms with van der Waals surface area (Å²) in [6.07, 6.45) is 1.07. The maximum atomic E-state index is 13.5. The monoisotopic (exact) mass is 412 g/mol. The molecular weight excluding hydrogens is 406 g/mol. The van der Waals surface area contributed by atoms with Crippen LogP contribution in [0, 0.1) is 12.7 Å². The van der Waals surface area contributed by atoms with Crippen LogP contribution in [-0.4, -0.2) is 13.4 Å². The number of halogens is 4. The number of benzene rings is 1. The second-order valence-corrected chi connectivity index (χ2v) is 7.43. The van der Waals surface area contributed by atoms with Crippen molar-refractivity contribution < 1.29 is 12.8 Å². The smallest absolute Gasteiger partial charge is 0.263 e. The lowest BCUT2D eigenvalue weighted by Crippen LogP contribution is -2.14. The zero-order valence-electron chi connectivity index (χ0n) is 10.5. The molecule has 0 unspecified atom stereocenters. The summed E-state index contributed by atoms with van der Waals surface area (Å²) in [5.74, 6) is -0.578. The van der Waals surface area contributed by atoms with Crippen molar-refractivity contribution in [3.8, 4) is 0 Å². The van der Waals surface area contributed by atoms with Crippen LogP contribution in [0.25, 0.3) is 0 Å². The fraction of sp³-hybridized carbons (Fsp3) is 0.0833. The summed E-state index contributed by atoms with van der Waals surface area (Å²) in [6.45, 7) is 1.65. The van der Waals surface area contributed by atoms with Crippen LogP contribution < -0.4 is 4.72 Å². The molecule has 0 spiro atoms. The van der Waals surface area contributed by atoms with E-state index >= 15 is 0 Å². The molecule has 21 heavy (non-hydrogen) atoms. The van der Waals surface area contributed by atoms with Crippen LogP contribution in [0.3, 0.4) is 0 Å². The van der Waals surface area contributed by atoms with E-state index in [-0.39, 0.29) is 25.2 Å². The lowest BCUT2D eigenvalue weighted by Gasteiger charge is -2.11. The molecule has 0 fully saturated rings. The van der Waals surface area contributed by atoms with Gasteiger partial charge < -0.3 is 0 Å². The normalized spacial score (nSPS) is 11.5. The number of anilines is 1. The Morgan fingerprint density at radius 1 is 1.29 bits per heavy atom. The predicted molar refractivity (Wildman–Crippen MR) is 83.9 cm³/mol. The van der Waals surface area contributed by atoms with Gasteiger partial charge in [-0.3, -0.25) is 4.72 Å². The predicted octanol–water partition coefficient (Wildman–Crippen LogP) is 4.40. The van der Waals surface area contributed by atoms with Gasteiger partial charge in [0.15, 0.2) is 0 Å². The van der Waals surface area contributed by atoms with Crippen molar-refractivity contribution >= 4 is 54.8 Å². The van der Waals surface area contributed by atoms with Crippen molar-refractivity contribution in [3.05, 3.63) is 50.4 Å². The molecule has 2 rings (SSSR count). The maximum absolute atomic E-state index is 13.5. The Morgan fingerprint density at radius 2 is 1.95 bits per heavy atom.